The van der Waals surface area contributed by atoms with Gasteiger partial charge in [0.15, 0.2) is 0 Å². The topological polar surface area (TPSA) is 15.3 Å². The van der Waals surface area contributed by atoms with Crippen LogP contribution in [0.5, 0.6) is 0 Å². The molecule has 2 aliphatic rings. The zero-order valence-corrected chi connectivity index (χ0v) is 12.6. The van der Waals surface area contributed by atoms with E-state index < -0.39 is 0 Å². The van der Waals surface area contributed by atoms with Gasteiger partial charge in [-0.15, -0.1) is 0 Å². The first kappa shape index (κ1) is 12.3. The fourth-order valence-electron chi connectivity index (χ4n) is 3.53. The number of hydrogen-bond donors (Lipinski definition) is 1. The van der Waals surface area contributed by atoms with Crippen molar-refractivity contribution in [3.63, 3.8) is 0 Å². The molecule has 0 radical (unpaired) electrons. The van der Waals surface area contributed by atoms with Gasteiger partial charge in [-0.1, -0.05) is 35.2 Å². The van der Waals surface area contributed by atoms with Crippen LogP contribution >= 0.6 is 15.9 Å². The van der Waals surface area contributed by atoms with Gasteiger partial charge in [0.2, 0.25) is 0 Å². The predicted molar refractivity (Wildman–Crippen MR) is 81.4 cm³/mol. The molecule has 1 aliphatic carbocycles. The Balaban J connectivity index is 1.90. The third-order valence-electron chi connectivity index (χ3n) is 4.51. The lowest BCUT2D eigenvalue weighted by Crippen LogP contribution is -2.40. The molecule has 1 aromatic rings. The van der Waals surface area contributed by atoms with E-state index in [0.29, 0.717) is 5.41 Å². The quantitative estimate of drug-likeness (QED) is 0.770. The molecule has 1 fully saturated rings. The number of nitrogens with zero attached hydrogens (tertiary/aromatic N) is 1. The lowest BCUT2D eigenvalue weighted by molar-refractivity contribution is 0.215. The Morgan fingerprint density at radius 1 is 1.22 bits per heavy atom. The van der Waals surface area contributed by atoms with E-state index in [9.17, 15) is 0 Å². The molecule has 0 saturated heterocycles. The number of halogens is 1. The molecule has 3 rings (SSSR count). The van der Waals surface area contributed by atoms with Crippen LogP contribution in [0.25, 0.3) is 0 Å². The Kier molecular flexibility index (Phi) is 3.27. The van der Waals surface area contributed by atoms with Crippen molar-refractivity contribution in [2.75, 3.05) is 30.4 Å². The molecule has 1 spiro atoms. The van der Waals surface area contributed by atoms with Crippen molar-refractivity contribution in [3.8, 4) is 0 Å². The molecule has 0 aromatic heterocycles. The fourth-order valence-corrected chi connectivity index (χ4v) is 3.88. The molecular formula is C15H21BrN2. The third kappa shape index (κ3) is 2.25. The van der Waals surface area contributed by atoms with Gasteiger partial charge >= 0.3 is 0 Å². The average molecular weight is 309 g/mol. The summed E-state index contributed by atoms with van der Waals surface area (Å²) in [5, 5.41) is 3.68. The largest absolute Gasteiger partial charge is 0.383 e. The minimum absolute atomic E-state index is 0.485. The highest BCUT2D eigenvalue weighted by atomic mass is 79.9. The minimum atomic E-state index is 0.485. The van der Waals surface area contributed by atoms with Gasteiger partial charge in [-0.2, -0.15) is 0 Å². The summed E-state index contributed by atoms with van der Waals surface area (Å²) in [5.41, 5.74) is 3.09. The van der Waals surface area contributed by atoms with Crippen molar-refractivity contribution in [2.45, 2.75) is 32.1 Å². The summed E-state index contributed by atoms with van der Waals surface area (Å²) in [6.07, 6.45) is 6.97. The van der Waals surface area contributed by atoms with E-state index in [-0.39, 0.29) is 0 Å². The van der Waals surface area contributed by atoms with Gasteiger partial charge in [-0.25, -0.2) is 0 Å². The summed E-state index contributed by atoms with van der Waals surface area (Å²) in [6.45, 7) is 2.31. The van der Waals surface area contributed by atoms with Crippen molar-refractivity contribution in [2.24, 2.45) is 5.41 Å². The number of nitrogens with one attached hydrogen (secondary N) is 1. The number of hydrogen-bond acceptors (Lipinski definition) is 2. The number of fused-ring (bicyclic) bond motifs is 1. The van der Waals surface area contributed by atoms with E-state index in [1.165, 1.54) is 50.0 Å². The maximum absolute atomic E-state index is 3.68. The van der Waals surface area contributed by atoms with Crippen LogP contribution in [-0.2, 0) is 0 Å². The van der Waals surface area contributed by atoms with Crippen LogP contribution in [0.2, 0.25) is 0 Å². The van der Waals surface area contributed by atoms with E-state index in [1.54, 1.807) is 0 Å². The van der Waals surface area contributed by atoms with E-state index in [4.69, 9.17) is 0 Å². The summed E-state index contributed by atoms with van der Waals surface area (Å²) in [6, 6.07) is 6.54. The zero-order valence-electron chi connectivity index (χ0n) is 11.0. The number of rotatable bonds is 0. The SMILES string of the molecule is CN1CC2(CCCCC2)CNc2ccc(Br)cc21. The molecule has 0 atom stereocenters. The maximum Gasteiger partial charge on any atom is 0.0610 e. The molecule has 0 bridgehead atoms. The Morgan fingerprint density at radius 3 is 2.78 bits per heavy atom. The Labute approximate surface area is 118 Å². The van der Waals surface area contributed by atoms with Crippen molar-refractivity contribution < 1.29 is 0 Å². The molecule has 3 heteroatoms. The minimum Gasteiger partial charge on any atom is -0.383 e. The van der Waals surface area contributed by atoms with E-state index in [1.807, 2.05) is 0 Å². The molecule has 2 nitrogen and oxygen atoms in total. The maximum atomic E-state index is 3.68. The standard InChI is InChI=1S/C15H21BrN2/c1-18-11-15(7-3-2-4-8-15)10-17-13-6-5-12(16)9-14(13)18/h5-6,9,17H,2-4,7-8,10-11H2,1H3. The number of anilines is 2. The number of benzene rings is 1. The molecular weight excluding hydrogens is 288 g/mol. The lowest BCUT2D eigenvalue weighted by Gasteiger charge is -2.38. The predicted octanol–water partition coefficient (Wildman–Crippen LogP) is 4.26. The molecule has 98 valence electrons. The van der Waals surface area contributed by atoms with Gasteiger partial charge in [0.05, 0.1) is 11.4 Å². The fraction of sp³-hybridized carbons (Fsp3) is 0.600. The van der Waals surface area contributed by atoms with E-state index >= 15 is 0 Å². The van der Waals surface area contributed by atoms with Crippen LogP contribution < -0.4 is 10.2 Å². The average Bonchev–Trinajstić information content (AvgIpc) is 2.49. The summed E-state index contributed by atoms with van der Waals surface area (Å²) in [7, 11) is 2.23. The first-order chi connectivity index (χ1) is 8.69. The van der Waals surface area contributed by atoms with Crippen LogP contribution in [0, 0.1) is 5.41 Å². The van der Waals surface area contributed by atoms with Crippen LogP contribution in [0.15, 0.2) is 22.7 Å². The molecule has 1 N–H and O–H groups in total. The van der Waals surface area contributed by atoms with Crippen LogP contribution in [0.1, 0.15) is 32.1 Å². The van der Waals surface area contributed by atoms with Gasteiger partial charge in [-0.3, -0.25) is 0 Å². The Hall–Kier alpha value is -0.700. The molecule has 1 heterocycles. The highest BCUT2D eigenvalue weighted by molar-refractivity contribution is 9.10. The van der Waals surface area contributed by atoms with Crippen molar-refractivity contribution in [1.82, 2.24) is 0 Å². The Bertz CT molecular complexity index is 438. The summed E-state index contributed by atoms with van der Waals surface area (Å²) < 4.78 is 1.16. The van der Waals surface area contributed by atoms with E-state index in [2.05, 4.69) is 51.4 Å². The second kappa shape index (κ2) is 4.76. The summed E-state index contributed by atoms with van der Waals surface area (Å²) >= 11 is 3.58. The van der Waals surface area contributed by atoms with Crippen molar-refractivity contribution >= 4 is 27.3 Å². The van der Waals surface area contributed by atoms with Gasteiger partial charge in [-0.05, 0) is 31.0 Å². The molecule has 1 aliphatic heterocycles. The monoisotopic (exact) mass is 308 g/mol. The molecule has 1 saturated carbocycles. The van der Waals surface area contributed by atoms with Gasteiger partial charge in [0.1, 0.15) is 0 Å². The van der Waals surface area contributed by atoms with Crippen molar-refractivity contribution in [1.29, 1.82) is 0 Å². The smallest absolute Gasteiger partial charge is 0.0610 e. The highest BCUT2D eigenvalue weighted by Gasteiger charge is 2.35. The summed E-state index contributed by atoms with van der Waals surface area (Å²) in [4.78, 5) is 2.44. The summed E-state index contributed by atoms with van der Waals surface area (Å²) in [5.74, 6) is 0. The molecule has 0 unspecified atom stereocenters. The van der Waals surface area contributed by atoms with E-state index in [0.717, 1.165) is 11.0 Å². The molecule has 0 amide bonds. The second-order valence-electron chi connectivity index (χ2n) is 5.93. The first-order valence-electron chi connectivity index (χ1n) is 6.93. The van der Waals surface area contributed by atoms with Crippen molar-refractivity contribution in [3.05, 3.63) is 22.7 Å². The van der Waals surface area contributed by atoms with Crippen LogP contribution in [0.3, 0.4) is 0 Å². The lowest BCUT2D eigenvalue weighted by atomic mass is 9.74. The van der Waals surface area contributed by atoms with Gasteiger partial charge < -0.3 is 10.2 Å². The van der Waals surface area contributed by atoms with Crippen LogP contribution in [0.4, 0.5) is 11.4 Å². The zero-order chi connectivity index (χ0) is 12.6. The van der Waals surface area contributed by atoms with Gasteiger partial charge in [0.25, 0.3) is 0 Å². The van der Waals surface area contributed by atoms with Crippen LogP contribution in [-0.4, -0.2) is 20.1 Å². The molecule has 18 heavy (non-hydrogen) atoms. The third-order valence-corrected chi connectivity index (χ3v) is 5.00. The second-order valence-corrected chi connectivity index (χ2v) is 6.85. The molecule has 1 aromatic carbocycles. The van der Waals surface area contributed by atoms with Gasteiger partial charge in [0, 0.05) is 30.0 Å². The highest BCUT2D eigenvalue weighted by Crippen LogP contribution is 2.42. The Morgan fingerprint density at radius 2 is 2.00 bits per heavy atom. The first-order valence-corrected chi connectivity index (χ1v) is 7.72. The normalized spacial score (nSPS) is 22.2.